The van der Waals surface area contributed by atoms with Gasteiger partial charge in [0.15, 0.2) is 5.69 Å². The van der Waals surface area contributed by atoms with Gasteiger partial charge in [0.1, 0.15) is 12.2 Å². The second-order valence-electron chi connectivity index (χ2n) is 4.84. The molecule has 0 aliphatic heterocycles. The van der Waals surface area contributed by atoms with Crippen LogP contribution in [0.4, 0.5) is 26.3 Å². The van der Waals surface area contributed by atoms with Crippen LogP contribution in [0.15, 0.2) is 30.6 Å². The fraction of sp³-hybridized carbons (Fsp3) is 0.231. The maximum Gasteiger partial charge on any atom is 0.434 e. The Labute approximate surface area is 124 Å². The maximum absolute atomic E-state index is 12.8. The number of alkyl halides is 6. The number of rotatable bonds is 2. The van der Waals surface area contributed by atoms with Crippen molar-refractivity contribution in [2.45, 2.75) is 18.8 Å². The molecule has 0 aliphatic carbocycles. The number of aromatic nitrogens is 4. The van der Waals surface area contributed by atoms with Crippen LogP contribution in [0.1, 0.15) is 11.5 Å². The lowest BCUT2D eigenvalue weighted by Crippen LogP contribution is -2.15. The molecule has 23 heavy (non-hydrogen) atoms. The molecule has 3 aromatic rings. The first-order chi connectivity index (χ1) is 10.6. The van der Waals surface area contributed by atoms with Crippen LogP contribution in [0.25, 0.3) is 16.6 Å². The standard InChI is InChI=1S/C13H8F6N4/c14-12(15,16)4-11-21-10(13(17,18)19)6-23(11)8-1-2-9-7(3-8)5-20-22-9/h1-3,5-6H,4H2,(H,20,22). The van der Waals surface area contributed by atoms with E-state index in [1.165, 1.54) is 24.4 Å². The van der Waals surface area contributed by atoms with Gasteiger partial charge in [0.05, 0.1) is 11.7 Å². The van der Waals surface area contributed by atoms with Crippen LogP contribution in [-0.4, -0.2) is 25.9 Å². The van der Waals surface area contributed by atoms with Gasteiger partial charge in [-0.1, -0.05) is 0 Å². The van der Waals surface area contributed by atoms with Crippen molar-refractivity contribution in [2.75, 3.05) is 0 Å². The summed E-state index contributed by atoms with van der Waals surface area (Å²) in [6, 6.07) is 4.34. The maximum atomic E-state index is 12.8. The van der Waals surface area contributed by atoms with Crippen LogP contribution in [-0.2, 0) is 12.6 Å². The molecule has 3 rings (SSSR count). The Balaban J connectivity index is 2.13. The number of imidazole rings is 1. The lowest BCUT2D eigenvalue weighted by Gasteiger charge is -2.09. The number of benzene rings is 1. The molecule has 4 nitrogen and oxygen atoms in total. The summed E-state index contributed by atoms with van der Waals surface area (Å²) in [5.74, 6) is -0.729. The van der Waals surface area contributed by atoms with Gasteiger partial charge in [-0.2, -0.15) is 31.4 Å². The van der Waals surface area contributed by atoms with Gasteiger partial charge in [0, 0.05) is 17.3 Å². The van der Waals surface area contributed by atoms with Crippen LogP contribution >= 0.6 is 0 Å². The number of nitrogens with zero attached hydrogens (tertiary/aromatic N) is 3. The van der Waals surface area contributed by atoms with E-state index in [4.69, 9.17) is 0 Å². The highest BCUT2D eigenvalue weighted by Gasteiger charge is 2.37. The average Bonchev–Trinajstić information content (AvgIpc) is 3.01. The zero-order chi connectivity index (χ0) is 16.8. The molecule has 0 amide bonds. The molecular formula is C13H8F6N4. The second kappa shape index (κ2) is 5.00. The third-order valence-corrected chi connectivity index (χ3v) is 3.13. The molecule has 0 unspecified atom stereocenters. The van der Waals surface area contributed by atoms with E-state index in [0.717, 1.165) is 4.57 Å². The minimum Gasteiger partial charge on any atom is -0.303 e. The van der Waals surface area contributed by atoms with E-state index < -0.39 is 30.3 Å². The van der Waals surface area contributed by atoms with Gasteiger partial charge >= 0.3 is 12.4 Å². The number of hydrogen-bond acceptors (Lipinski definition) is 2. The number of fused-ring (bicyclic) bond motifs is 1. The molecule has 0 atom stereocenters. The molecule has 0 bridgehead atoms. The van der Waals surface area contributed by atoms with Gasteiger partial charge in [0.2, 0.25) is 0 Å². The summed E-state index contributed by atoms with van der Waals surface area (Å²) in [4.78, 5) is 3.11. The van der Waals surface area contributed by atoms with Crippen molar-refractivity contribution in [1.82, 2.24) is 19.7 Å². The molecular weight excluding hydrogens is 326 g/mol. The lowest BCUT2D eigenvalue weighted by molar-refractivity contribution is -0.142. The molecule has 0 saturated heterocycles. The van der Waals surface area contributed by atoms with Crippen LogP contribution in [0, 0.1) is 0 Å². The Kier molecular flexibility index (Phi) is 3.34. The molecule has 2 heterocycles. The predicted octanol–water partition coefficient (Wildman–Crippen LogP) is 3.87. The zero-order valence-electron chi connectivity index (χ0n) is 11.2. The molecule has 1 N–H and O–H groups in total. The Morgan fingerprint density at radius 2 is 1.83 bits per heavy atom. The van der Waals surface area contributed by atoms with Crippen LogP contribution in [0.3, 0.4) is 0 Å². The average molecular weight is 334 g/mol. The van der Waals surface area contributed by atoms with E-state index in [0.29, 0.717) is 17.1 Å². The Morgan fingerprint density at radius 1 is 1.09 bits per heavy atom. The summed E-state index contributed by atoms with van der Waals surface area (Å²) in [7, 11) is 0. The van der Waals surface area contributed by atoms with E-state index in [-0.39, 0.29) is 5.69 Å². The van der Waals surface area contributed by atoms with Crippen LogP contribution < -0.4 is 0 Å². The minimum absolute atomic E-state index is 0.140. The third-order valence-electron chi connectivity index (χ3n) is 3.13. The number of aromatic amines is 1. The van der Waals surface area contributed by atoms with E-state index in [1.807, 2.05) is 0 Å². The van der Waals surface area contributed by atoms with Crippen LogP contribution in [0.2, 0.25) is 0 Å². The molecule has 1 aromatic carbocycles. The van der Waals surface area contributed by atoms with Crippen molar-refractivity contribution in [3.05, 3.63) is 42.1 Å². The highest BCUT2D eigenvalue weighted by molar-refractivity contribution is 5.80. The first-order valence-electron chi connectivity index (χ1n) is 6.29. The highest BCUT2D eigenvalue weighted by atomic mass is 19.4. The van der Waals surface area contributed by atoms with Gasteiger partial charge in [-0.25, -0.2) is 4.98 Å². The molecule has 0 aliphatic rings. The van der Waals surface area contributed by atoms with E-state index in [2.05, 4.69) is 15.2 Å². The summed E-state index contributed by atoms with van der Waals surface area (Å²) in [6.45, 7) is 0. The molecule has 122 valence electrons. The number of hydrogen-bond donors (Lipinski definition) is 1. The van der Waals surface area contributed by atoms with Gasteiger partial charge < -0.3 is 4.57 Å². The number of halogens is 6. The Morgan fingerprint density at radius 3 is 2.48 bits per heavy atom. The molecule has 0 saturated carbocycles. The number of H-pyrrole nitrogens is 1. The monoisotopic (exact) mass is 334 g/mol. The summed E-state index contributed by atoms with van der Waals surface area (Å²) >= 11 is 0. The molecule has 10 heteroatoms. The summed E-state index contributed by atoms with van der Waals surface area (Å²) in [6.07, 6.45) is -9.09. The normalized spacial score (nSPS) is 13.0. The number of nitrogens with one attached hydrogen (secondary N) is 1. The van der Waals surface area contributed by atoms with Crippen molar-refractivity contribution in [3.63, 3.8) is 0 Å². The largest absolute Gasteiger partial charge is 0.434 e. The van der Waals surface area contributed by atoms with E-state index >= 15 is 0 Å². The zero-order valence-corrected chi connectivity index (χ0v) is 11.2. The van der Waals surface area contributed by atoms with Crippen molar-refractivity contribution in [1.29, 1.82) is 0 Å². The smallest absolute Gasteiger partial charge is 0.303 e. The van der Waals surface area contributed by atoms with Gasteiger partial charge in [-0.3, -0.25) is 5.10 Å². The summed E-state index contributed by atoms with van der Waals surface area (Å²) in [5, 5.41) is 6.96. The van der Waals surface area contributed by atoms with Crippen molar-refractivity contribution in [3.8, 4) is 5.69 Å². The van der Waals surface area contributed by atoms with E-state index in [9.17, 15) is 26.3 Å². The third kappa shape index (κ3) is 3.15. The van der Waals surface area contributed by atoms with Gasteiger partial charge in [-0.05, 0) is 18.2 Å². The van der Waals surface area contributed by atoms with Crippen molar-refractivity contribution >= 4 is 10.9 Å². The highest BCUT2D eigenvalue weighted by Crippen LogP contribution is 2.31. The van der Waals surface area contributed by atoms with Gasteiger partial charge in [-0.15, -0.1) is 0 Å². The Hall–Kier alpha value is -2.52. The predicted molar refractivity (Wildman–Crippen MR) is 68.0 cm³/mol. The summed E-state index contributed by atoms with van der Waals surface area (Å²) in [5.41, 5.74) is -0.618. The fourth-order valence-electron chi connectivity index (χ4n) is 2.16. The fourth-order valence-corrected chi connectivity index (χ4v) is 2.16. The van der Waals surface area contributed by atoms with Crippen LogP contribution in [0.5, 0.6) is 0 Å². The second-order valence-corrected chi connectivity index (χ2v) is 4.84. The SMILES string of the molecule is FC(F)(F)Cc1nc(C(F)(F)F)cn1-c1ccc2[nH]ncc2c1. The Bertz CT molecular complexity index is 842. The van der Waals surface area contributed by atoms with Gasteiger partial charge in [0.25, 0.3) is 0 Å². The van der Waals surface area contributed by atoms with E-state index in [1.54, 1.807) is 0 Å². The molecule has 2 aromatic heterocycles. The lowest BCUT2D eigenvalue weighted by atomic mass is 10.2. The molecule has 0 spiro atoms. The molecule has 0 radical (unpaired) electrons. The van der Waals surface area contributed by atoms with Crippen molar-refractivity contribution in [2.24, 2.45) is 0 Å². The van der Waals surface area contributed by atoms with Crippen molar-refractivity contribution < 1.29 is 26.3 Å². The quantitative estimate of drug-likeness (QED) is 0.723. The topological polar surface area (TPSA) is 46.5 Å². The first-order valence-corrected chi connectivity index (χ1v) is 6.29. The molecule has 0 fully saturated rings. The first kappa shape index (κ1) is 15.4. The minimum atomic E-state index is -4.83. The summed E-state index contributed by atoms with van der Waals surface area (Å²) < 4.78 is 76.9.